The van der Waals surface area contributed by atoms with Crippen molar-refractivity contribution in [3.8, 4) is 0 Å². The van der Waals surface area contributed by atoms with Gasteiger partial charge in [-0.15, -0.1) is 11.8 Å². The van der Waals surface area contributed by atoms with E-state index in [4.69, 9.17) is 5.11 Å². The molecule has 2 heterocycles. The molecule has 1 amide bonds. The number of carboxylic acid groups (broad SMARTS) is 1. The summed E-state index contributed by atoms with van der Waals surface area (Å²) in [4.78, 5) is 35.2. The number of nitrogens with zero attached hydrogens (tertiary/aromatic N) is 1. The minimum absolute atomic E-state index is 0.0279. The number of aliphatic carboxylic acids is 1. The number of fused-ring (bicyclic) bond motifs is 1. The number of amides is 1. The molecule has 0 unspecified atom stereocenters. The third-order valence-corrected chi connectivity index (χ3v) is 4.01. The number of carboxylic acids is 1. The lowest BCUT2D eigenvalue weighted by atomic mass is 10.1. The van der Waals surface area contributed by atoms with Crippen LogP contribution in [0.3, 0.4) is 0 Å². The molecule has 0 bridgehead atoms. The average Bonchev–Trinajstić information content (AvgIpc) is 2.58. The Balaban J connectivity index is 2.12. The van der Waals surface area contributed by atoms with Crippen molar-refractivity contribution in [2.75, 3.05) is 7.11 Å². The van der Waals surface area contributed by atoms with Gasteiger partial charge in [-0.3, -0.25) is 14.5 Å². The largest absolute Gasteiger partial charge is 0.477 e. The summed E-state index contributed by atoms with van der Waals surface area (Å²) in [5.74, 6) is -1.68. The lowest BCUT2D eigenvalue weighted by Gasteiger charge is -2.33. The van der Waals surface area contributed by atoms with Crippen molar-refractivity contribution in [1.82, 2.24) is 4.90 Å². The lowest BCUT2D eigenvalue weighted by molar-refractivity contribution is -0.145. The molecule has 0 aromatic heterocycles. The third kappa shape index (κ3) is 2.02. The van der Waals surface area contributed by atoms with Gasteiger partial charge in [-0.1, -0.05) is 0 Å². The van der Waals surface area contributed by atoms with Gasteiger partial charge in [0.1, 0.15) is 5.70 Å². The van der Waals surface area contributed by atoms with Gasteiger partial charge in [-0.05, 0) is 6.42 Å². The van der Waals surface area contributed by atoms with Crippen molar-refractivity contribution in [1.29, 1.82) is 0 Å². The number of hydrogen-bond donors (Lipinski definition) is 1. The van der Waals surface area contributed by atoms with Gasteiger partial charge in [0.25, 0.3) is 0 Å². The van der Waals surface area contributed by atoms with E-state index in [0.717, 1.165) is 0 Å². The predicted molar refractivity (Wildman–Crippen MR) is 58.8 cm³/mol. The molecule has 0 saturated carbocycles. The van der Waals surface area contributed by atoms with Crippen molar-refractivity contribution in [3.05, 3.63) is 10.6 Å². The van der Waals surface area contributed by atoms with E-state index >= 15 is 0 Å². The quantitative estimate of drug-likeness (QED) is 0.584. The second-order valence-electron chi connectivity index (χ2n) is 3.69. The molecule has 1 saturated heterocycles. The highest BCUT2D eigenvalue weighted by molar-refractivity contribution is 8.04. The first-order chi connectivity index (χ1) is 8.04. The van der Waals surface area contributed by atoms with Crippen molar-refractivity contribution in [2.45, 2.75) is 24.6 Å². The standard InChI is InChI=1S/C10H11NO5S/c1-16-8(13)3-2-5-9(10(14)15)11-6(12)4-7(11)17-5/h7H,2-4H2,1H3,(H,14,15)/t7-/m1/s1. The first-order valence-corrected chi connectivity index (χ1v) is 5.94. The minimum atomic E-state index is -1.12. The molecule has 6 nitrogen and oxygen atoms in total. The molecule has 2 rings (SSSR count). The summed E-state index contributed by atoms with van der Waals surface area (Å²) < 4.78 is 4.50. The molecule has 1 N–H and O–H groups in total. The van der Waals surface area contributed by atoms with Crippen LogP contribution >= 0.6 is 11.8 Å². The molecular formula is C10H11NO5S. The van der Waals surface area contributed by atoms with Crippen LogP contribution in [0.5, 0.6) is 0 Å². The molecule has 0 aromatic rings. The molecule has 2 aliphatic rings. The maximum absolute atomic E-state index is 11.3. The molecule has 17 heavy (non-hydrogen) atoms. The SMILES string of the molecule is COC(=O)CCC1=C(C(=O)O)N2C(=O)C[C@H]2S1. The number of rotatable bonds is 4. The molecule has 1 atom stereocenters. The van der Waals surface area contributed by atoms with Crippen LogP contribution < -0.4 is 0 Å². The Kier molecular flexibility index (Phi) is 3.10. The van der Waals surface area contributed by atoms with E-state index in [9.17, 15) is 14.4 Å². The predicted octanol–water partition coefficient (Wildman–Crippen LogP) is 0.541. The number of esters is 1. The zero-order chi connectivity index (χ0) is 12.6. The minimum Gasteiger partial charge on any atom is -0.477 e. The number of allylic oxidation sites excluding steroid dienone is 1. The van der Waals surface area contributed by atoms with Gasteiger partial charge in [0.05, 0.1) is 25.3 Å². The summed E-state index contributed by atoms with van der Waals surface area (Å²) >= 11 is 1.35. The highest BCUT2D eigenvalue weighted by Crippen LogP contribution is 2.47. The molecule has 1 fully saturated rings. The maximum Gasteiger partial charge on any atom is 0.353 e. The van der Waals surface area contributed by atoms with E-state index in [2.05, 4.69) is 4.74 Å². The van der Waals surface area contributed by atoms with Crippen LogP contribution in [0.2, 0.25) is 0 Å². The van der Waals surface area contributed by atoms with Crippen LogP contribution in [-0.2, 0) is 19.1 Å². The normalized spacial score (nSPS) is 22.3. The Morgan fingerprint density at radius 1 is 1.59 bits per heavy atom. The van der Waals surface area contributed by atoms with Crippen molar-refractivity contribution in [3.63, 3.8) is 0 Å². The van der Waals surface area contributed by atoms with E-state index in [-0.39, 0.29) is 29.4 Å². The number of ether oxygens (including phenoxy) is 1. The Morgan fingerprint density at radius 2 is 2.29 bits per heavy atom. The van der Waals surface area contributed by atoms with Crippen molar-refractivity contribution < 1.29 is 24.2 Å². The fourth-order valence-electron chi connectivity index (χ4n) is 1.82. The van der Waals surface area contributed by atoms with E-state index in [1.54, 1.807) is 0 Å². The van der Waals surface area contributed by atoms with Gasteiger partial charge >= 0.3 is 11.9 Å². The molecule has 0 aromatic carbocycles. The Morgan fingerprint density at radius 3 is 2.82 bits per heavy atom. The van der Waals surface area contributed by atoms with Crippen LogP contribution in [-0.4, -0.2) is 40.3 Å². The van der Waals surface area contributed by atoms with Gasteiger partial charge in [-0.25, -0.2) is 4.79 Å². The number of hydrogen-bond acceptors (Lipinski definition) is 5. The van der Waals surface area contributed by atoms with Gasteiger partial charge < -0.3 is 9.84 Å². The molecule has 92 valence electrons. The summed E-state index contributed by atoms with van der Waals surface area (Å²) in [6.45, 7) is 0. The van der Waals surface area contributed by atoms with Crippen LogP contribution in [0.15, 0.2) is 10.6 Å². The number of carbonyl (C=O) groups is 3. The smallest absolute Gasteiger partial charge is 0.353 e. The third-order valence-electron chi connectivity index (χ3n) is 2.68. The first kappa shape index (κ1) is 12.0. The molecule has 0 spiro atoms. The van der Waals surface area contributed by atoms with Crippen LogP contribution in [0, 0.1) is 0 Å². The van der Waals surface area contributed by atoms with E-state index in [0.29, 0.717) is 17.7 Å². The highest BCUT2D eigenvalue weighted by Gasteiger charge is 2.48. The zero-order valence-corrected chi connectivity index (χ0v) is 9.95. The average molecular weight is 257 g/mol. The summed E-state index contributed by atoms with van der Waals surface area (Å²) in [5.41, 5.74) is 0.0279. The molecular weight excluding hydrogens is 246 g/mol. The summed E-state index contributed by atoms with van der Waals surface area (Å²) in [7, 11) is 1.29. The fourth-order valence-corrected chi connectivity index (χ4v) is 3.22. The molecule has 7 heteroatoms. The Labute approximate surface area is 102 Å². The van der Waals surface area contributed by atoms with E-state index < -0.39 is 5.97 Å². The van der Waals surface area contributed by atoms with Crippen LogP contribution in [0.1, 0.15) is 19.3 Å². The Bertz CT molecular complexity index is 430. The summed E-state index contributed by atoms with van der Waals surface area (Å²) in [5, 5.41) is 8.97. The number of carbonyl (C=O) groups excluding carboxylic acids is 2. The molecule has 2 aliphatic heterocycles. The monoisotopic (exact) mass is 257 g/mol. The topological polar surface area (TPSA) is 83.9 Å². The fraction of sp³-hybridized carbons (Fsp3) is 0.500. The molecule has 0 radical (unpaired) electrons. The van der Waals surface area contributed by atoms with Gasteiger partial charge in [-0.2, -0.15) is 0 Å². The van der Waals surface area contributed by atoms with Crippen LogP contribution in [0.25, 0.3) is 0 Å². The summed E-state index contributed by atoms with van der Waals surface area (Å²) in [6, 6.07) is 0. The van der Waals surface area contributed by atoms with Crippen LogP contribution in [0.4, 0.5) is 0 Å². The second kappa shape index (κ2) is 4.40. The highest BCUT2D eigenvalue weighted by atomic mass is 32.2. The van der Waals surface area contributed by atoms with Gasteiger partial charge in [0.15, 0.2) is 0 Å². The van der Waals surface area contributed by atoms with Crippen molar-refractivity contribution >= 4 is 29.6 Å². The van der Waals surface area contributed by atoms with Gasteiger partial charge in [0, 0.05) is 4.91 Å². The number of methoxy groups -OCH3 is 1. The number of β-lactam (4-membered cyclic amide) rings is 1. The van der Waals surface area contributed by atoms with E-state index in [1.165, 1.54) is 23.8 Å². The second-order valence-corrected chi connectivity index (χ2v) is 4.97. The number of thioether (sulfide) groups is 1. The molecule has 0 aliphatic carbocycles. The Hall–Kier alpha value is -1.50. The van der Waals surface area contributed by atoms with Crippen molar-refractivity contribution in [2.24, 2.45) is 0 Å². The zero-order valence-electron chi connectivity index (χ0n) is 9.13. The lowest BCUT2D eigenvalue weighted by Crippen LogP contribution is -2.48. The van der Waals surface area contributed by atoms with Gasteiger partial charge in [0.2, 0.25) is 5.91 Å². The first-order valence-electron chi connectivity index (χ1n) is 5.06. The summed E-state index contributed by atoms with van der Waals surface area (Å²) in [6.07, 6.45) is 0.798. The van der Waals surface area contributed by atoms with E-state index in [1.807, 2.05) is 0 Å². The maximum atomic E-state index is 11.3.